The van der Waals surface area contributed by atoms with Gasteiger partial charge in [0.2, 0.25) is 11.8 Å². The van der Waals surface area contributed by atoms with E-state index in [2.05, 4.69) is 5.32 Å². The number of nitrogens with one attached hydrogen (secondary N) is 1. The van der Waals surface area contributed by atoms with Gasteiger partial charge in [-0.25, -0.2) is 13.2 Å². The smallest absolute Gasteiger partial charge is 0.345 e. The second kappa shape index (κ2) is 8.00. The monoisotopic (exact) mass is 430 g/mol. The highest BCUT2D eigenvalue weighted by Gasteiger charge is 2.42. The summed E-state index contributed by atoms with van der Waals surface area (Å²) in [5.74, 6) is -8.99. The fourth-order valence-electron chi connectivity index (χ4n) is 3.45. The van der Waals surface area contributed by atoms with Crippen molar-refractivity contribution in [1.29, 1.82) is 0 Å². The van der Waals surface area contributed by atoms with Gasteiger partial charge >= 0.3 is 6.18 Å². The van der Waals surface area contributed by atoms with Gasteiger partial charge < -0.3 is 10.2 Å². The minimum absolute atomic E-state index is 0.122. The molecule has 10 heteroatoms. The van der Waals surface area contributed by atoms with Crippen molar-refractivity contribution in [1.82, 2.24) is 4.90 Å². The van der Waals surface area contributed by atoms with E-state index in [1.54, 1.807) is 0 Å². The number of alkyl halides is 3. The van der Waals surface area contributed by atoms with E-state index in [4.69, 9.17) is 0 Å². The van der Waals surface area contributed by atoms with Gasteiger partial charge in [0.15, 0.2) is 17.5 Å². The van der Waals surface area contributed by atoms with Crippen molar-refractivity contribution in [3.05, 3.63) is 65.0 Å². The number of likely N-dealkylation sites (tertiary alicyclic amines) is 1. The van der Waals surface area contributed by atoms with Gasteiger partial charge in [0.25, 0.3) is 0 Å². The third kappa shape index (κ3) is 4.12. The number of halogens is 6. The fraction of sp³-hybridized carbons (Fsp3) is 0.300. The number of carbonyl (C=O) groups excluding carboxylic acids is 2. The zero-order valence-electron chi connectivity index (χ0n) is 15.6. The van der Waals surface area contributed by atoms with Gasteiger partial charge in [0.1, 0.15) is 5.92 Å². The van der Waals surface area contributed by atoms with Crippen LogP contribution >= 0.6 is 0 Å². The molecule has 0 saturated carbocycles. The number of hydrogen-bond acceptors (Lipinski definition) is 2. The Hall–Kier alpha value is -3.04. The molecule has 2 atom stereocenters. The number of rotatable bonds is 3. The SMILES string of the molecule is CN1CC[C@H](c2cccc(C(F)(F)F)c2)[C@@H](C(=O)Nc2ccc(F)c(F)c2F)C1=O. The van der Waals surface area contributed by atoms with Crippen LogP contribution in [-0.2, 0) is 15.8 Å². The van der Waals surface area contributed by atoms with Gasteiger partial charge in [-0.05, 0) is 30.2 Å². The predicted octanol–water partition coefficient (Wildman–Crippen LogP) is 4.32. The van der Waals surface area contributed by atoms with Crippen LogP contribution < -0.4 is 5.32 Å². The zero-order chi connectivity index (χ0) is 22.2. The van der Waals surface area contributed by atoms with Crippen LogP contribution in [-0.4, -0.2) is 30.3 Å². The number of hydrogen-bond donors (Lipinski definition) is 1. The lowest BCUT2D eigenvalue weighted by Crippen LogP contribution is -2.47. The van der Waals surface area contributed by atoms with Crippen molar-refractivity contribution >= 4 is 17.5 Å². The fourth-order valence-corrected chi connectivity index (χ4v) is 3.45. The third-order valence-corrected chi connectivity index (χ3v) is 5.04. The Balaban J connectivity index is 1.96. The molecule has 1 aliphatic rings. The van der Waals surface area contributed by atoms with Crippen LogP contribution in [0.3, 0.4) is 0 Å². The van der Waals surface area contributed by atoms with Crippen LogP contribution in [0.25, 0.3) is 0 Å². The first-order chi connectivity index (χ1) is 14.0. The van der Waals surface area contributed by atoms with Crippen molar-refractivity contribution < 1.29 is 35.9 Å². The minimum atomic E-state index is -4.61. The second-order valence-electron chi connectivity index (χ2n) is 6.97. The lowest BCUT2D eigenvalue weighted by Gasteiger charge is -2.35. The first kappa shape index (κ1) is 21.7. The van der Waals surface area contributed by atoms with E-state index in [0.717, 1.165) is 18.2 Å². The summed E-state index contributed by atoms with van der Waals surface area (Å²) < 4.78 is 79.7. The number of anilines is 1. The molecule has 1 saturated heterocycles. The molecule has 0 radical (unpaired) electrons. The summed E-state index contributed by atoms with van der Waals surface area (Å²) >= 11 is 0. The number of amides is 2. The van der Waals surface area contributed by atoms with E-state index >= 15 is 0 Å². The largest absolute Gasteiger partial charge is 0.416 e. The van der Waals surface area contributed by atoms with Crippen molar-refractivity contribution in [2.24, 2.45) is 5.92 Å². The molecule has 160 valence electrons. The second-order valence-corrected chi connectivity index (χ2v) is 6.97. The minimum Gasteiger partial charge on any atom is -0.345 e. The van der Waals surface area contributed by atoms with Gasteiger partial charge in [0, 0.05) is 19.5 Å². The maximum atomic E-state index is 13.9. The van der Waals surface area contributed by atoms with E-state index in [-0.39, 0.29) is 18.5 Å². The van der Waals surface area contributed by atoms with E-state index in [1.807, 2.05) is 0 Å². The molecule has 2 amide bonds. The summed E-state index contributed by atoms with van der Waals surface area (Å²) in [5, 5.41) is 2.05. The van der Waals surface area contributed by atoms with Crippen LogP contribution in [0, 0.1) is 23.4 Å². The molecular formula is C20H16F6N2O2. The van der Waals surface area contributed by atoms with Gasteiger partial charge in [-0.2, -0.15) is 13.2 Å². The zero-order valence-corrected chi connectivity index (χ0v) is 15.6. The number of carbonyl (C=O) groups is 2. The molecule has 2 aromatic rings. The highest BCUT2D eigenvalue weighted by Crippen LogP contribution is 2.37. The quantitative estimate of drug-likeness (QED) is 0.448. The number of nitrogens with zero attached hydrogens (tertiary/aromatic N) is 1. The predicted molar refractivity (Wildman–Crippen MR) is 94.9 cm³/mol. The van der Waals surface area contributed by atoms with Crippen molar-refractivity contribution in [3.63, 3.8) is 0 Å². The molecule has 2 aromatic carbocycles. The summed E-state index contributed by atoms with van der Waals surface area (Å²) in [6.45, 7) is 0.197. The van der Waals surface area contributed by atoms with E-state index in [9.17, 15) is 35.9 Å². The molecule has 1 heterocycles. The Bertz CT molecular complexity index is 992. The van der Waals surface area contributed by atoms with Crippen LogP contribution in [0.15, 0.2) is 36.4 Å². The Labute approximate surface area is 167 Å². The first-order valence-corrected chi connectivity index (χ1v) is 8.87. The van der Waals surface area contributed by atoms with Crippen LogP contribution in [0.4, 0.5) is 32.0 Å². The highest BCUT2D eigenvalue weighted by molar-refractivity contribution is 6.07. The molecule has 0 bridgehead atoms. The summed E-state index contributed by atoms with van der Waals surface area (Å²) in [4.78, 5) is 26.6. The average Bonchev–Trinajstić information content (AvgIpc) is 2.69. The lowest BCUT2D eigenvalue weighted by molar-refractivity contribution is -0.143. The first-order valence-electron chi connectivity index (χ1n) is 8.87. The van der Waals surface area contributed by atoms with Crippen LogP contribution in [0.1, 0.15) is 23.5 Å². The van der Waals surface area contributed by atoms with Crippen molar-refractivity contribution in [3.8, 4) is 0 Å². The van der Waals surface area contributed by atoms with Gasteiger partial charge in [-0.15, -0.1) is 0 Å². The number of piperidine rings is 1. The Morgan fingerprint density at radius 1 is 1.10 bits per heavy atom. The topological polar surface area (TPSA) is 49.4 Å². The summed E-state index contributed by atoms with van der Waals surface area (Å²) in [5.41, 5.74) is -1.49. The summed E-state index contributed by atoms with van der Waals surface area (Å²) in [6, 6.07) is 5.67. The third-order valence-electron chi connectivity index (χ3n) is 5.04. The Morgan fingerprint density at radius 3 is 2.47 bits per heavy atom. The van der Waals surface area contributed by atoms with E-state index in [1.165, 1.54) is 24.1 Å². The molecule has 3 rings (SSSR count). The molecule has 0 aromatic heterocycles. The molecule has 0 aliphatic carbocycles. The van der Waals surface area contributed by atoms with E-state index in [0.29, 0.717) is 6.07 Å². The molecular weight excluding hydrogens is 414 g/mol. The Kier molecular flexibility index (Phi) is 5.78. The number of benzene rings is 2. The molecule has 0 spiro atoms. The van der Waals surface area contributed by atoms with Gasteiger partial charge in [-0.3, -0.25) is 9.59 Å². The average molecular weight is 430 g/mol. The Morgan fingerprint density at radius 2 is 1.80 bits per heavy atom. The molecule has 4 nitrogen and oxygen atoms in total. The molecule has 1 aliphatic heterocycles. The standard InChI is InChI=1S/C20H16F6N2O2/c1-28-8-7-12(10-3-2-4-11(9-10)20(24,25)26)15(19(28)30)18(29)27-14-6-5-13(21)16(22)17(14)23/h2-6,9,12,15H,7-8H2,1H3,(H,27,29)/t12-,15+/m1/s1. The maximum absolute atomic E-state index is 13.9. The van der Waals surface area contributed by atoms with E-state index < -0.39 is 58.5 Å². The van der Waals surface area contributed by atoms with Crippen molar-refractivity contribution in [2.45, 2.75) is 18.5 Å². The van der Waals surface area contributed by atoms with Gasteiger partial charge in [0.05, 0.1) is 11.3 Å². The van der Waals surface area contributed by atoms with Crippen LogP contribution in [0.5, 0.6) is 0 Å². The van der Waals surface area contributed by atoms with Gasteiger partial charge in [-0.1, -0.05) is 18.2 Å². The summed E-state index contributed by atoms with van der Waals surface area (Å²) in [6.07, 6.45) is -4.43. The van der Waals surface area contributed by atoms with Crippen molar-refractivity contribution in [2.75, 3.05) is 18.9 Å². The normalized spacial score (nSPS) is 19.7. The van der Waals surface area contributed by atoms with Crippen LogP contribution in [0.2, 0.25) is 0 Å². The highest BCUT2D eigenvalue weighted by atomic mass is 19.4. The molecule has 0 unspecified atom stereocenters. The lowest BCUT2D eigenvalue weighted by atomic mass is 9.79. The summed E-state index contributed by atoms with van der Waals surface area (Å²) in [7, 11) is 1.42. The molecule has 1 N–H and O–H groups in total. The molecule has 1 fully saturated rings. The maximum Gasteiger partial charge on any atom is 0.416 e. The molecule has 30 heavy (non-hydrogen) atoms.